The van der Waals surface area contributed by atoms with Crippen LogP contribution in [0.25, 0.3) is 0 Å². The topological polar surface area (TPSA) is 87.2 Å². The van der Waals surface area contributed by atoms with Crippen molar-refractivity contribution in [3.8, 4) is 0 Å². The molecular weight excluding hydrogens is 330 g/mol. The van der Waals surface area contributed by atoms with E-state index in [0.29, 0.717) is 19.0 Å². The van der Waals surface area contributed by atoms with Gasteiger partial charge in [-0.3, -0.25) is 19.8 Å². The summed E-state index contributed by atoms with van der Waals surface area (Å²) in [5.41, 5.74) is 0.815. The molecule has 0 radical (unpaired) electrons. The molecule has 1 saturated heterocycles. The van der Waals surface area contributed by atoms with E-state index in [4.69, 9.17) is 0 Å². The fourth-order valence-corrected chi connectivity index (χ4v) is 3.06. The van der Waals surface area contributed by atoms with Gasteiger partial charge in [-0.1, -0.05) is 18.2 Å². The molecule has 2 heterocycles. The van der Waals surface area contributed by atoms with Gasteiger partial charge in [0.15, 0.2) is 0 Å². The van der Waals surface area contributed by atoms with E-state index in [1.54, 1.807) is 18.5 Å². The Morgan fingerprint density at radius 2 is 1.69 bits per heavy atom. The number of rotatable bonds is 5. The van der Waals surface area contributed by atoms with E-state index < -0.39 is 0 Å². The zero-order valence-corrected chi connectivity index (χ0v) is 14.8. The third-order valence-electron chi connectivity index (χ3n) is 4.67. The van der Waals surface area contributed by atoms with Gasteiger partial charge in [0.25, 0.3) is 0 Å². The van der Waals surface area contributed by atoms with Crippen molar-refractivity contribution in [3.05, 3.63) is 48.8 Å². The largest absolute Gasteiger partial charge is 0.326 e. The fraction of sp³-hybridized carbons (Fsp3) is 0.368. The fourth-order valence-electron chi connectivity index (χ4n) is 3.06. The van der Waals surface area contributed by atoms with Crippen LogP contribution in [0.5, 0.6) is 0 Å². The maximum absolute atomic E-state index is 12.4. The molecule has 0 unspecified atom stereocenters. The first-order chi connectivity index (χ1) is 12.6. The number of carbonyl (C=O) groups excluding carboxylic acids is 2. The maximum atomic E-state index is 12.4. The molecule has 1 aliphatic heterocycles. The van der Waals surface area contributed by atoms with Crippen LogP contribution in [0, 0.1) is 5.92 Å². The highest BCUT2D eigenvalue weighted by Gasteiger charge is 2.30. The van der Waals surface area contributed by atoms with Crippen molar-refractivity contribution in [1.29, 1.82) is 0 Å². The number of likely N-dealkylation sites (tertiary alicyclic amines) is 1. The first kappa shape index (κ1) is 18.0. The number of nitrogens with one attached hydrogen (secondary N) is 2. The lowest BCUT2D eigenvalue weighted by Gasteiger charge is -2.34. The van der Waals surface area contributed by atoms with E-state index in [9.17, 15) is 9.59 Å². The predicted octanol–water partition coefficient (Wildman–Crippen LogP) is 2.15. The summed E-state index contributed by atoms with van der Waals surface area (Å²) < 4.78 is 0. The second-order valence-electron chi connectivity index (χ2n) is 6.40. The number of aromatic nitrogens is 2. The number of anilines is 2. The van der Waals surface area contributed by atoms with Gasteiger partial charge in [0.05, 0.1) is 6.04 Å². The third kappa shape index (κ3) is 4.64. The standard InChI is InChI=1S/C19H23N5O2/c1-14(17(25)23-19-20-10-5-11-21-19)24-12-8-15(9-13-24)18(26)22-16-6-3-2-4-7-16/h2-7,10-11,14-15H,8-9,12-13H2,1H3,(H,22,26)(H,20,21,23,25)/t14-/m0/s1. The average molecular weight is 353 g/mol. The Balaban J connectivity index is 1.48. The van der Waals surface area contributed by atoms with Crippen LogP contribution in [0.4, 0.5) is 11.6 Å². The highest BCUT2D eigenvalue weighted by Crippen LogP contribution is 2.21. The maximum Gasteiger partial charge on any atom is 0.243 e. The molecule has 0 aliphatic carbocycles. The van der Waals surface area contributed by atoms with Crippen molar-refractivity contribution >= 4 is 23.5 Å². The van der Waals surface area contributed by atoms with Crippen molar-refractivity contribution in [2.75, 3.05) is 23.7 Å². The summed E-state index contributed by atoms with van der Waals surface area (Å²) in [7, 11) is 0. The molecule has 2 N–H and O–H groups in total. The summed E-state index contributed by atoms with van der Waals surface area (Å²) in [5.74, 6) is 0.190. The average Bonchev–Trinajstić information content (AvgIpc) is 2.69. The van der Waals surface area contributed by atoms with Gasteiger partial charge in [-0.2, -0.15) is 0 Å². The molecule has 7 nitrogen and oxygen atoms in total. The first-order valence-electron chi connectivity index (χ1n) is 8.81. The summed E-state index contributed by atoms with van der Waals surface area (Å²) in [6, 6.07) is 10.9. The monoisotopic (exact) mass is 353 g/mol. The molecule has 1 fully saturated rings. The molecule has 3 rings (SSSR count). The van der Waals surface area contributed by atoms with Gasteiger partial charge in [0, 0.05) is 24.0 Å². The zero-order chi connectivity index (χ0) is 18.4. The van der Waals surface area contributed by atoms with Crippen LogP contribution in [-0.4, -0.2) is 45.8 Å². The molecule has 0 spiro atoms. The van der Waals surface area contributed by atoms with Crippen molar-refractivity contribution in [2.24, 2.45) is 5.92 Å². The molecule has 26 heavy (non-hydrogen) atoms. The van der Waals surface area contributed by atoms with Crippen LogP contribution in [0.15, 0.2) is 48.8 Å². The lowest BCUT2D eigenvalue weighted by Crippen LogP contribution is -2.47. The molecule has 136 valence electrons. The number of carbonyl (C=O) groups is 2. The van der Waals surface area contributed by atoms with Crippen LogP contribution in [0.3, 0.4) is 0 Å². The van der Waals surface area contributed by atoms with Crippen LogP contribution < -0.4 is 10.6 Å². The molecule has 0 saturated carbocycles. The van der Waals surface area contributed by atoms with Crippen LogP contribution in [0.2, 0.25) is 0 Å². The summed E-state index contributed by atoms with van der Waals surface area (Å²) in [6.45, 7) is 3.27. The number of amides is 2. The number of hydrogen-bond acceptors (Lipinski definition) is 5. The molecule has 1 aromatic carbocycles. The van der Waals surface area contributed by atoms with Crippen LogP contribution in [0.1, 0.15) is 19.8 Å². The first-order valence-corrected chi connectivity index (χ1v) is 8.81. The molecule has 1 aliphatic rings. The summed E-state index contributed by atoms with van der Waals surface area (Å²) in [6.07, 6.45) is 4.64. The predicted molar refractivity (Wildman–Crippen MR) is 99.5 cm³/mol. The number of para-hydroxylation sites is 1. The van der Waals surface area contributed by atoms with Gasteiger partial charge in [-0.05, 0) is 51.1 Å². The van der Waals surface area contributed by atoms with E-state index in [1.165, 1.54) is 0 Å². The van der Waals surface area contributed by atoms with Crippen molar-refractivity contribution in [2.45, 2.75) is 25.8 Å². The van der Waals surface area contributed by atoms with Gasteiger partial charge in [0.2, 0.25) is 17.8 Å². The Kier molecular flexibility index (Phi) is 5.91. The molecular formula is C19H23N5O2. The second-order valence-corrected chi connectivity index (χ2v) is 6.40. The second kappa shape index (κ2) is 8.53. The molecule has 1 aromatic heterocycles. The highest BCUT2D eigenvalue weighted by molar-refractivity contribution is 5.93. The number of nitrogens with zero attached hydrogens (tertiary/aromatic N) is 3. The lowest BCUT2D eigenvalue weighted by molar-refractivity contribution is -0.123. The zero-order valence-electron chi connectivity index (χ0n) is 14.8. The number of hydrogen-bond donors (Lipinski definition) is 2. The Labute approximate surface area is 152 Å². The van der Waals surface area contributed by atoms with E-state index >= 15 is 0 Å². The highest BCUT2D eigenvalue weighted by atomic mass is 16.2. The smallest absolute Gasteiger partial charge is 0.243 e. The summed E-state index contributed by atoms with van der Waals surface area (Å²) in [5, 5.41) is 5.68. The van der Waals surface area contributed by atoms with Crippen molar-refractivity contribution in [1.82, 2.24) is 14.9 Å². The Bertz CT molecular complexity index is 730. The molecule has 2 aromatic rings. The van der Waals surface area contributed by atoms with E-state index in [1.807, 2.05) is 37.3 Å². The quantitative estimate of drug-likeness (QED) is 0.860. The number of piperidine rings is 1. The molecule has 7 heteroatoms. The van der Waals surface area contributed by atoms with Gasteiger partial charge >= 0.3 is 0 Å². The van der Waals surface area contributed by atoms with E-state index in [0.717, 1.165) is 18.5 Å². The van der Waals surface area contributed by atoms with Gasteiger partial charge < -0.3 is 5.32 Å². The minimum Gasteiger partial charge on any atom is -0.326 e. The Hall–Kier alpha value is -2.80. The van der Waals surface area contributed by atoms with Crippen molar-refractivity contribution < 1.29 is 9.59 Å². The van der Waals surface area contributed by atoms with Crippen molar-refractivity contribution in [3.63, 3.8) is 0 Å². The molecule has 1 atom stereocenters. The number of benzene rings is 1. The van der Waals surface area contributed by atoms with Crippen LogP contribution in [-0.2, 0) is 9.59 Å². The molecule has 2 amide bonds. The molecule has 0 bridgehead atoms. The summed E-state index contributed by atoms with van der Waals surface area (Å²) in [4.78, 5) is 34.9. The lowest BCUT2D eigenvalue weighted by atomic mass is 9.94. The Morgan fingerprint density at radius 1 is 1.04 bits per heavy atom. The van der Waals surface area contributed by atoms with Gasteiger partial charge in [0.1, 0.15) is 0 Å². The van der Waals surface area contributed by atoms with E-state index in [-0.39, 0.29) is 23.8 Å². The van der Waals surface area contributed by atoms with Gasteiger partial charge in [-0.25, -0.2) is 9.97 Å². The Morgan fingerprint density at radius 3 is 2.35 bits per heavy atom. The SMILES string of the molecule is C[C@@H](C(=O)Nc1ncccn1)N1CCC(C(=O)Nc2ccccc2)CC1. The minimum atomic E-state index is -0.294. The summed E-state index contributed by atoms with van der Waals surface area (Å²) >= 11 is 0. The van der Waals surface area contributed by atoms with Crippen LogP contribution >= 0.6 is 0 Å². The van der Waals surface area contributed by atoms with E-state index in [2.05, 4.69) is 25.5 Å². The third-order valence-corrected chi connectivity index (χ3v) is 4.67. The normalized spacial score (nSPS) is 16.7. The minimum absolute atomic E-state index is 0.0285. The van der Waals surface area contributed by atoms with Gasteiger partial charge in [-0.15, -0.1) is 0 Å².